The zero-order valence-electron chi connectivity index (χ0n) is 9.00. The van der Waals surface area contributed by atoms with Crippen molar-refractivity contribution in [3.8, 4) is 5.75 Å². The third kappa shape index (κ3) is 3.18. The Balaban J connectivity index is 2.66. The standard InChI is InChI=1S/C11H12F2O3/c1-3-15-11(14)7(2)16-8-4-5-9(12)10(13)6-8/h4-7H,3H2,1-2H3/t7-/m1/s1. The number of benzene rings is 1. The van der Waals surface area contributed by atoms with Crippen molar-refractivity contribution in [3.05, 3.63) is 29.8 Å². The van der Waals surface area contributed by atoms with Gasteiger partial charge in [0.05, 0.1) is 6.61 Å². The molecule has 1 rings (SSSR count). The molecule has 16 heavy (non-hydrogen) atoms. The van der Waals surface area contributed by atoms with Crippen molar-refractivity contribution >= 4 is 5.97 Å². The quantitative estimate of drug-likeness (QED) is 0.744. The van der Waals surface area contributed by atoms with Gasteiger partial charge < -0.3 is 9.47 Å². The Labute approximate surface area is 92.0 Å². The molecular weight excluding hydrogens is 218 g/mol. The number of ether oxygens (including phenoxy) is 2. The zero-order valence-corrected chi connectivity index (χ0v) is 9.00. The summed E-state index contributed by atoms with van der Waals surface area (Å²) in [6.45, 7) is 3.38. The van der Waals surface area contributed by atoms with Gasteiger partial charge in [-0.3, -0.25) is 0 Å². The molecule has 88 valence electrons. The van der Waals surface area contributed by atoms with Crippen LogP contribution in [0.2, 0.25) is 0 Å². The van der Waals surface area contributed by atoms with Crippen LogP contribution < -0.4 is 4.74 Å². The molecule has 0 bridgehead atoms. The maximum Gasteiger partial charge on any atom is 0.347 e. The molecule has 1 atom stereocenters. The lowest BCUT2D eigenvalue weighted by Crippen LogP contribution is -2.26. The van der Waals surface area contributed by atoms with Crippen molar-refractivity contribution in [1.82, 2.24) is 0 Å². The van der Waals surface area contributed by atoms with E-state index in [1.807, 2.05) is 0 Å². The number of esters is 1. The Bertz CT molecular complexity index is 379. The highest BCUT2D eigenvalue weighted by molar-refractivity contribution is 5.74. The van der Waals surface area contributed by atoms with Crippen molar-refractivity contribution in [2.75, 3.05) is 6.61 Å². The summed E-state index contributed by atoms with van der Waals surface area (Å²) in [6.07, 6.45) is -0.857. The first-order chi connectivity index (χ1) is 7.54. The first-order valence-corrected chi connectivity index (χ1v) is 4.83. The van der Waals surface area contributed by atoms with Crippen molar-refractivity contribution in [2.24, 2.45) is 0 Å². The predicted molar refractivity (Wildman–Crippen MR) is 53.1 cm³/mol. The van der Waals surface area contributed by atoms with Crippen LogP contribution >= 0.6 is 0 Å². The number of carbonyl (C=O) groups is 1. The number of hydrogen-bond acceptors (Lipinski definition) is 3. The summed E-state index contributed by atoms with van der Waals surface area (Å²) in [7, 11) is 0. The second-order valence-corrected chi connectivity index (χ2v) is 3.09. The van der Waals surface area contributed by atoms with E-state index in [0.717, 1.165) is 12.1 Å². The number of hydrogen-bond donors (Lipinski definition) is 0. The van der Waals surface area contributed by atoms with E-state index < -0.39 is 23.7 Å². The van der Waals surface area contributed by atoms with E-state index in [1.54, 1.807) is 6.92 Å². The van der Waals surface area contributed by atoms with Crippen molar-refractivity contribution in [2.45, 2.75) is 20.0 Å². The molecule has 0 saturated heterocycles. The summed E-state index contributed by atoms with van der Waals surface area (Å²) in [5.41, 5.74) is 0. The first-order valence-electron chi connectivity index (χ1n) is 4.83. The van der Waals surface area contributed by atoms with Crippen LogP contribution in [0, 0.1) is 11.6 Å². The molecule has 0 aromatic heterocycles. The van der Waals surface area contributed by atoms with Crippen LogP contribution in [-0.4, -0.2) is 18.7 Å². The molecule has 0 radical (unpaired) electrons. The van der Waals surface area contributed by atoms with Gasteiger partial charge in [0, 0.05) is 6.07 Å². The van der Waals surface area contributed by atoms with Crippen LogP contribution in [0.1, 0.15) is 13.8 Å². The maximum absolute atomic E-state index is 12.8. The molecule has 0 fully saturated rings. The van der Waals surface area contributed by atoms with Crippen LogP contribution in [-0.2, 0) is 9.53 Å². The monoisotopic (exact) mass is 230 g/mol. The minimum Gasteiger partial charge on any atom is -0.479 e. The molecule has 0 aliphatic rings. The minimum absolute atomic E-state index is 0.0828. The lowest BCUT2D eigenvalue weighted by atomic mass is 10.3. The largest absolute Gasteiger partial charge is 0.479 e. The average molecular weight is 230 g/mol. The molecule has 0 heterocycles. The van der Waals surface area contributed by atoms with E-state index in [1.165, 1.54) is 13.0 Å². The lowest BCUT2D eigenvalue weighted by Gasteiger charge is -2.13. The molecule has 0 unspecified atom stereocenters. The van der Waals surface area contributed by atoms with E-state index in [0.29, 0.717) is 0 Å². The molecule has 1 aromatic carbocycles. The second-order valence-electron chi connectivity index (χ2n) is 3.09. The van der Waals surface area contributed by atoms with E-state index in [9.17, 15) is 13.6 Å². The van der Waals surface area contributed by atoms with Crippen molar-refractivity contribution in [3.63, 3.8) is 0 Å². The zero-order chi connectivity index (χ0) is 12.1. The predicted octanol–water partition coefficient (Wildman–Crippen LogP) is 2.30. The van der Waals surface area contributed by atoms with Crippen molar-refractivity contribution < 1.29 is 23.0 Å². The average Bonchev–Trinajstić information content (AvgIpc) is 2.24. The first kappa shape index (κ1) is 12.4. The summed E-state index contributed by atoms with van der Waals surface area (Å²) >= 11 is 0. The van der Waals surface area contributed by atoms with E-state index in [-0.39, 0.29) is 12.4 Å². The molecule has 0 aliphatic carbocycles. The summed E-state index contributed by atoms with van der Waals surface area (Å²) in [4.78, 5) is 11.2. The summed E-state index contributed by atoms with van der Waals surface area (Å²) in [5.74, 6) is -2.45. The smallest absolute Gasteiger partial charge is 0.347 e. The SMILES string of the molecule is CCOC(=O)[C@@H](C)Oc1ccc(F)c(F)c1. The fourth-order valence-corrected chi connectivity index (χ4v) is 1.06. The fourth-order valence-electron chi connectivity index (χ4n) is 1.06. The normalized spacial score (nSPS) is 12.0. The Hall–Kier alpha value is -1.65. The van der Waals surface area contributed by atoms with Gasteiger partial charge in [-0.05, 0) is 26.0 Å². The summed E-state index contributed by atoms with van der Waals surface area (Å²) < 4.78 is 35.2. The Morgan fingerprint density at radius 3 is 2.62 bits per heavy atom. The van der Waals surface area contributed by atoms with E-state index >= 15 is 0 Å². The fraction of sp³-hybridized carbons (Fsp3) is 0.364. The maximum atomic E-state index is 12.8. The number of carbonyl (C=O) groups excluding carboxylic acids is 1. The molecule has 5 heteroatoms. The van der Waals surface area contributed by atoms with Gasteiger partial charge in [0.2, 0.25) is 0 Å². The number of halogens is 2. The third-order valence-electron chi connectivity index (χ3n) is 1.82. The Kier molecular flexibility index (Phi) is 4.22. The second kappa shape index (κ2) is 5.44. The molecule has 1 aromatic rings. The van der Waals surface area contributed by atoms with Gasteiger partial charge in [-0.1, -0.05) is 0 Å². The molecule has 0 aliphatic heterocycles. The van der Waals surface area contributed by atoms with Gasteiger partial charge in [0.25, 0.3) is 0 Å². The molecule has 0 spiro atoms. The topological polar surface area (TPSA) is 35.5 Å². The highest BCUT2D eigenvalue weighted by Gasteiger charge is 2.16. The molecule has 0 N–H and O–H groups in total. The molecule has 0 saturated carbocycles. The van der Waals surface area contributed by atoms with Gasteiger partial charge in [-0.25, -0.2) is 13.6 Å². The Morgan fingerprint density at radius 1 is 1.38 bits per heavy atom. The lowest BCUT2D eigenvalue weighted by molar-refractivity contribution is -0.150. The van der Waals surface area contributed by atoms with Gasteiger partial charge in [-0.2, -0.15) is 0 Å². The third-order valence-corrected chi connectivity index (χ3v) is 1.82. The number of rotatable bonds is 4. The summed E-state index contributed by atoms with van der Waals surface area (Å²) in [5, 5.41) is 0. The molecule has 0 amide bonds. The highest BCUT2D eigenvalue weighted by Crippen LogP contribution is 2.16. The minimum atomic E-state index is -1.02. The van der Waals surface area contributed by atoms with Crippen LogP contribution in [0.4, 0.5) is 8.78 Å². The van der Waals surface area contributed by atoms with Crippen LogP contribution in [0.15, 0.2) is 18.2 Å². The van der Waals surface area contributed by atoms with Crippen LogP contribution in [0.3, 0.4) is 0 Å². The molecule has 3 nitrogen and oxygen atoms in total. The van der Waals surface area contributed by atoms with Crippen LogP contribution in [0.5, 0.6) is 5.75 Å². The van der Waals surface area contributed by atoms with E-state index in [4.69, 9.17) is 9.47 Å². The highest BCUT2D eigenvalue weighted by atomic mass is 19.2. The van der Waals surface area contributed by atoms with E-state index in [2.05, 4.69) is 0 Å². The molecular formula is C11H12F2O3. The van der Waals surface area contributed by atoms with Gasteiger partial charge in [-0.15, -0.1) is 0 Å². The van der Waals surface area contributed by atoms with Gasteiger partial charge in [0.1, 0.15) is 5.75 Å². The van der Waals surface area contributed by atoms with Crippen LogP contribution in [0.25, 0.3) is 0 Å². The van der Waals surface area contributed by atoms with Gasteiger partial charge in [0.15, 0.2) is 17.7 Å². The summed E-state index contributed by atoms with van der Waals surface area (Å²) in [6, 6.07) is 3.06. The Morgan fingerprint density at radius 2 is 2.06 bits per heavy atom. The van der Waals surface area contributed by atoms with Gasteiger partial charge >= 0.3 is 5.97 Å². The van der Waals surface area contributed by atoms with Crippen molar-refractivity contribution in [1.29, 1.82) is 0 Å².